The Kier molecular flexibility index (Phi) is 7.87. The van der Waals surface area contributed by atoms with Gasteiger partial charge in [-0.25, -0.2) is 0 Å². The van der Waals surface area contributed by atoms with E-state index in [0.717, 1.165) is 38.3 Å². The Morgan fingerprint density at radius 3 is 2.50 bits per heavy atom. The van der Waals surface area contributed by atoms with Gasteiger partial charge in [-0.1, -0.05) is 13.8 Å². The molecule has 0 aromatic rings. The highest BCUT2D eigenvalue weighted by molar-refractivity contribution is 4.76. The Bertz CT molecular complexity index is 203. The van der Waals surface area contributed by atoms with Gasteiger partial charge in [0.05, 0.1) is 0 Å². The number of hydrogen-bond acceptors (Lipinski definition) is 3. The van der Waals surface area contributed by atoms with Crippen molar-refractivity contribution >= 4 is 0 Å². The fraction of sp³-hybridized carbons (Fsp3) is 1.00. The molecule has 1 aliphatic heterocycles. The highest BCUT2D eigenvalue weighted by Crippen LogP contribution is 2.17. The molecule has 0 saturated carbocycles. The zero-order valence-electron chi connectivity index (χ0n) is 12.7. The predicted molar refractivity (Wildman–Crippen MR) is 78.0 cm³/mol. The first-order valence-corrected chi connectivity index (χ1v) is 7.61. The standard InChI is InChI=1S/C15H32N2O/c1-13(2)12-16-9-5-6-14(3)17(4)15-7-10-18-11-8-15/h13-16H,5-12H2,1-4H3. The van der Waals surface area contributed by atoms with E-state index in [4.69, 9.17) is 4.74 Å². The van der Waals surface area contributed by atoms with Crippen LogP contribution in [-0.4, -0.2) is 50.3 Å². The summed E-state index contributed by atoms with van der Waals surface area (Å²) in [4.78, 5) is 2.56. The van der Waals surface area contributed by atoms with Crippen molar-refractivity contribution in [2.24, 2.45) is 5.92 Å². The zero-order valence-corrected chi connectivity index (χ0v) is 12.7. The molecule has 3 nitrogen and oxygen atoms in total. The first-order valence-electron chi connectivity index (χ1n) is 7.61. The largest absolute Gasteiger partial charge is 0.381 e. The summed E-state index contributed by atoms with van der Waals surface area (Å²) < 4.78 is 5.43. The lowest BCUT2D eigenvalue weighted by molar-refractivity contribution is 0.0297. The average molecular weight is 256 g/mol. The van der Waals surface area contributed by atoms with Crippen LogP contribution in [0.4, 0.5) is 0 Å². The topological polar surface area (TPSA) is 24.5 Å². The number of ether oxygens (including phenoxy) is 1. The Labute approximate surface area is 113 Å². The minimum absolute atomic E-state index is 0.689. The van der Waals surface area contributed by atoms with Crippen molar-refractivity contribution in [2.75, 3.05) is 33.4 Å². The third-order valence-corrected chi connectivity index (χ3v) is 3.99. The lowest BCUT2D eigenvalue weighted by Crippen LogP contribution is -2.42. The Morgan fingerprint density at radius 2 is 1.89 bits per heavy atom. The van der Waals surface area contributed by atoms with E-state index in [-0.39, 0.29) is 0 Å². The monoisotopic (exact) mass is 256 g/mol. The van der Waals surface area contributed by atoms with Crippen molar-refractivity contribution in [2.45, 2.75) is 58.5 Å². The van der Waals surface area contributed by atoms with Gasteiger partial charge >= 0.3 is 0 Å². The molecule has 0 radical (unpaired) electrons. The van der Waals surface area contributed by atoms with Crippen LogP contribution in [0.2, 0.25) is 0 Å². The minimum atomic E-state index is 0.689. The molecular formula is C15H32N2O. The summed E-state index contributed by atoms with van der Waals surface area (Å²) in [5.74, 6) is 0.757. The van der Waals surface area contributed by atoms with Crippen molar-refractivity contribution in [3.8, 4) is 0 Å². The number of nitrogens with one attached hydrogen (secondary N) is 1. The summed E-state index contributed by atoms with van der Waals surface area (Å²) in [5.41, 5.74) is 0. The van der Waals surface area contributed by atoms with E-state index < -0.39 is 0 Å². The molecule has 3 heteroatoms. The third-order valence-electron chi connectivity index (χ3n) is 3.99. The smallest absolute Gasteiger partial charge is 0.0480 e. The molecule has 108 valence electrons. The molecule has 0 amide bonds. The molecular weight excluding hydrogens is 224 g/mol. The lowest BCUT2D eigenvalue weighted by atomic mass is 10.0. The maximum absolute atomic E-state index is 5.43. The highest BCUT2D eigenvalue weighted by atomic mass is 16.5. The molecule has 1 N–H and O–H groups in total. The second-order valence-corrected chi connectivity index (χ2v) is 6.10. The molecule has 1 unspecified atom stereocenters. The van der Waals surface area contributed by atoms with Gasteiger partial charge in [-0.2, -0.15) is 0 Å². The van der Waals surface area contributed by atoms with Gasteiger partial charge in [0.15, 0.2) is 0 Å². The van der Waals surface area contributed by atoms with Gasteiger partial charge in [0.1, 0.15) is 0 Å². The molecule has 1 rings (SSSR count). The van der Waals surface area contributed by atoms with Gasteiger partial charge < -0.3 is 15.0 Å². The molecule has 1 fully saturated rings. The summed E-state index contributed by atoms with van der Waals surface area (Å²) in [6.07, 6.45) is 4.97. The van der Waals surface area contributed by atoms with Crippen LogP contribution in [0.25, 0.3) is 0 Å². The highest BCUT2D eigenvalue weighted by Gasteiger charge is 2.21. The summed E-state index contributed by atoms with van der Waals surface area (Å²) in [7, 11) is 2.28. The van der Waals surface area contributed by atoms with Crippen LogP contribution in [0.3, 0.4) is 0 Å². The van der Waals surface area contributed by atoms with Gasteiger partial charge in [0.25, 0.3) is 0 Å². The predicted octanol–water partition coefficient (Wildman–Crippen LogP) is 2.51. The Hall–Kier alpha value is -0.120. The molecule has 0 aromatic heterocycles. The lowest BCUT2D eigenvalue weighted by Gasteiger charge is -2.35. The van der Waals surface area contributed by atoms with Crippen LogP contribution in [0.1, 0.15) is 46.5 Å². The van der Waals surface area contributed by atoms with E-state index in [2.05, 4.69) is 38.0 Å². The molecule has 1 heterocycles. The average Bonchev–Trinajstić information content (AvgIpc) is 2.38. The molecule has 1 saturated heterocycles. The molecule has 1 aliphatic rings. The van der Waals surface area contributed by atoms with E-state index >= 15 is 0 Å². The minimum Gasteiger partial charge on any atom is -0.381 e. The molecule has 1 atom stereocenters. The van der Waals surface area contributed by atoms with Crippen molar-refractivity contribution in [1.29, 1.82) is 0 Å². The van der Waals surface area contributed by atoms with Gasteiger partial charge in [-0.15, -0.1) is 0 Å². The second-order valence-electron chi connectivity index (χ2n) is 6.10. The number of rotatable bonds is 8. The van der Waals surface area contributed by atoms with E-state index in [0.29, 0.717) is 6.04 Å². The fourth-order valence-corrected chi connectivity index (χ4v) is 2.57. The first-order chi connectivity index (χ1) is 8.61. The van der Waals surface area contributed by atoms with Crippen molar-refractivity contribution in [1.82, 2.24) is 10.2 Å². The van der Waals surface area contributed by atoms with Gasteiger partial charge in [0, 0.05) is 25.3 Å². The maximum atomic E-state index is 5.43. The van der Waals surface area contributed by atoms with E-state index in [1.807, 2.05) is 0 Å². The van der Waals surface area contributed by atoms with Crippen molar-refractivity contribution < 1.29 is 4.74 Å². The van der Waals surface area contributed by atoms with E-state index in [9.17, 15) is 0 Å². The van der Waals surface area contributed by atoms with E-state index in [1.165, 1.54) is 25.7 Å². The van der Waals surface area contributed by atoms with Crippen LogP contribution in [0.5, 0.6) is 0 Å². The second kappa shape index (κ2) is 8.89. The summed E-state index contributed by atoms with van der Waals surface area (Å²) in [6, 6.07) is 1.42. The van der Waals surface area contributed by atoms with Gasteiger partial charge in [0.2, 0.25) is 0 Å². The van der Waals surface area contributed by atoms with Gasteiger partial charge in [-0.3, -0.25) is 0 Å². The van der Waals surface area contributed by atoms with Crippen LogP contribution in [-0.2, 0) is 4.74 Å². The van der Waals surface area contributed by atoms with Crippen LogP contribution < -0.4 is 5.32 Å². The molecule has 0 aliphatic carbocycles. The number of nitrogens with zero attached hydrogens (tertiary/aromatic N) is 1. The Balaban J connectivity index is 2.09. The molecule has 0 aromatic carbocycles. The molecule has 0 spiro atoms. The first kappa shape index (κ1) is 15.9. The van der Waals surface area contributed by atoms with Crippen molar-refractivity contribution in [3.63, 3.8) is 0 Å². The fourth-order valence-electron chi connectivity index (χ4n) is 2.57. The third kappa shape index (κ3) is 6.17. The molecule has 18 heavy (non-hydrogen) atoms. The van der Waals surface area contributed by atoms with Crippen molar-refractivity contribution in [3.05, 3.63) is 0 Å². The Morgan fingerprint density at radius 1 is 1.22 bits per heavy atom. The summed E-state index contributed by atoms with van der Waals surface area (Å²) in [6.45, 7) is 11.1. The SMILES string of the molecule is CC(C)CNCCCC(C)N(C)C1CCOCC1. The van der Waals surface area contributed by atoms with E-state index in [1.54, 1.807) is 0 Å². The quantitative estimate of drug-likeness (QED) is 0.675. The summed E-state index contributed by atoms with van der Waals surface area (Å²) >= 11 is 0. The van der Waals surface area contributed by atoms with Crippen LogP contribution >= 0.6 is 0 Å². The molecule has 0 bridgehead atoms. The number of hydrogen-bond donors (Lipinski definition) is 1. The normalized spacial score (nSPS) is 19.7. The maximum Gasteiger partial charge on any atom is 0.0480 e. The van der Waals surface area contributed by atoms with Crippen LogP contribution in [0, 0.1) is 5.92 Å². The van der Waals surface area contributed by atoms with Gasteiger partial charge in [-0.05, 0) is 58.7 Å². The van der Waals surface area contributed by atoms with Crippen LogP contribution in [0.15, 0.2) is 0 Å². The zero-order chi connectivity index (χ0) is 13.4. The summed E-state index contributed by atoms with van der Waals surface area (Å²) in [5, 5.41) is 3.52.